The third-order valence-electron chi connectivity index (χ3n) is 1.72. The van der Waals surface area contributed by atoms with Crippen molar-refractivity contribution < 1.29 is 10.3 Å². The van der Waals surface area contributed by atoms with Gasteiger partial charge in [0, 0.05) is 0 Å². The smallest absolute Gasteiger partial charge is 0.250 e. The van der Waals surface area contributed by atoms with Gasteiger partial charge in [0.2, 0.25) is 0 Å². The van der Waals surface area contributed by atoms with Crippen molar-refractivity contribution in [1.82, 2.24) is 9.97 Å². The molecule has 76 valence electrons. The van der Waals surface area contributed by atoms with Crippen LogP contribution in [0.3, 0.4) is 0 Å². The number of hydrogen-bond acceptors (Lipinski definition) is 2. The first-order chi connectivity index (χ1) is 5.79. The summed E-state index contributed by atoms with van der Waals surface area (Å²) in [5.74, 6) is -0.451. The Morgan fingerprint density at radius 3 is 2.79 bits per heavy atom. The van der Waals surface area contributed by atoms with Gasteiger partial charge in [-0.25, -0.2) is 4.98 Å². The molecule has 0 saturated carbocycles. The number of aromatic nitrogens is 2. The number of halogens is 1. The minimum atomic E-state index is -0.451. The van der Waals surface area contributed by atoms with Crippen molar-refractivity contribution in [2.24, 2.45) is 5.73 Å². The number of H-pyrrole nitrogens is 1. The molecule has 1 aromatic carbocycles. The summed E-state index contributed by atoms with van der Waals surface area (Å²) < 4.78 is 0. The molecular formula is C8H10ClN3O2. The normalized spacial score (nSPS) is 8.86. The summed E-state index contributed by atoms with van der Waals surface area (Å²) in [7, 11) is 0. The third-order valence-corrected chi connectivity index (χ3v) is 1.72. The first-order valence-electron chi connectivity index (χ1n) is 3.51. The van der Waals surface area contributed by atoms with Crippen LogP contribution in [0, 0.1) is 0 Å². The lowest BCUT2D eigenvalue weighted by molar-refractivity contribution is 0.100. The lowest BCUT2D eigenvalue weighted by Crippen LogP contribution is -2.11. The van der Waals surface area contributed by atoms with Crippen LogP contribution in [0.25, 0.3) is 11.0 Å². The molecule has 1 aromatic heterocycles. The predicted molar refractivity (Wildman–Crippen MR) is 55.5 cm³/mol. The molecule has 1 heterocycles. The number of rotatable bonds is 1. The molecule has 0 fully saturated rings. The van der Waals surface area contributed by atoms with Crippen LogP contribution in [-0.4, -0.2) is 21.4 Å². The second-order valence-electron chi connectivity index (χ2n) is 2.47. The van der Waals surface area contributed by atoms with E-state index >= 15 is 0 Å². The van der Waals surface area contributed by atoms with E-state index in [2.05, 4.69) is 9.97 Å². The number of carbonyl (C=O) groups excluding carboxylic acids is 1. The van der Waals surface area contributed by atoms with Gasteiger partial charge in [-0.3, -0.25) is 4.79 Å². The first kappa shape index (κ1) is 12.4. The number of nitrogens with two attached hydrogens (primary N) is 1. The molecule has 0 aliphatic rings. The van der Waals surface area contributed by atoms with Crippen molar-refractivity contribution in [1.29, 1.82) is 0 Å². The van der Waals surface area contributed by atoms with Crippen LogP contribution < -0.4 is 5.73 Å². The van der Waals surface area contributed by atoms with Crippen molar-refractivity contribution >= 4 is 29.3 Å². The summed E-state index contributed by atoms with van der Waals surface area (Å²) in [6, 6.07) is 5.26. The average molecular weight is 216 g/mol. The number of carbonyl (C=O) groups is 1. The fourth-order valence-corrected chi connectivity index (χ4v) is 1.16. The first-order valence-corrected chi connectivity index (χ1v) is 3.51. The Hall–Kier alpha value is -1.59. The van der Waals surface area contributed by atoms with E-state index in [9.17, 15) is 4.79 Å². The van der Waals surface area contributed by atoms with Gasteiger partial charge in [-0.1, -0.05) is 6.07 Å². The second-order valence-corrected chi connectivity index (χ2v) is 2.47. The molecule has 1 amide bonds. The zero-order valence-corrected chi connectivity index (χ0v) is 7.97. The zero-order valence-electron chi connectivity index (χ0n) is 7.15. The Labute approximate surface area is 86.0 Å². The standard InChI is InChI=1S/C8H7N3O.ClH.H2O/c9-8(12)5-2-1-3-6-7(5)11-4-10-6;;/h1-4H,(H2,9,12)(H,10,11);1H;1H2. The van der Waals surface area contributed by atoms with E-state index in [1.165, 1.54) is 6.33 Å². The highest BCUT2D eigenvalue weighted by Crippen LogP contribution is 2.13. The van der Waals surface area contributed by atoms with Crippen LogP contribution in [0.2, 0.25) is 0 Å². The summed E-state index contributed by atoms with van der Waals surface area (Å²) in [5.41, 5.74) is 7.05. The average Bonchev–Trinajstić information content (AvgIpc) is 2.49. The number of para-hydroxylation sites is 1. The van der Waals surface area contributed by atoms with Gasteiger partial charge in [-0.15, -0.1) is 12.4 Å². The molecule has 0 bridgehead atoms. The Morgan fingerprint density at radius 1 is 1.43 bits per heavy atom. The molecule has 2 aromatic rings. The molecule has 6 heteroatoms. The van der Waals surface area contributed by atoms with Gasteiger partial charge in [0.15, 0.2) is 0 Å². The Morgan fingerprint density at radius 2 is 2.14 bits per heavy atom. The molecule has 2 rings (SSSR count). The maximum atomic E-state index is 10.9. The number of nitrogens with one attached hydrogen (secondary N) is 1. The number of nitrogens with zero attached hydrogens (tertiary/aromatic N) is 1. The van der Waals surface area contributed by atoms with Crippen LogP contribution in [0.5, 0.6) is 0 Å². The van der Waals surface area contributed by atoms with E-state index in [0.717, 1.165) is 5.52 Å². The molecule has 0 spiro atoms. The summed E-state index contributed by atoms with van der Waals surface area (Å²) in [6.45, 7) is 0. The summed E-state index contributed by atoms with van der Waals surface area (Å²) in [4.78, 5) is 17.8. The van der Waals surface area contributed by atoms with Crippen LogP contribution in [-0.2, 0) is 0 Å². The van der Waals surface area contributed by atoms with E-state index in [4.69, 9.17) is 5.73 Å². The minimum Gasteiger partial charge on any atom is -0.412 e. The van der Waals surface area contributed by atoms with Crippen LogP contribution in [0.1, 0.15) is 10.4 Å². The van der Waals surface area contributed by atoms with Crippen molar-refractivity contribution in [2.75, 3.05) is 0 Å². The zero-order chi connectivity index (χ0) is 8.55. The highest BCUT2D eigenvalue weighted by atomic mass is 35.5. The fourth-order valence-electron chi connectivity index (χ4n) is 1.16. The molecular weight excluding hydrogens is 206 g/mol. The van der Waals surface area contributed by atoms with Crippen molar-refractivity contribution in [3.05, 3.63) is 30.1 Å². The minimum absolute atomic E-state index is 0. The number of amides is 1. The van der Waals surface area contributed by atoms with Gasteiger partial charge in [0.25, 0.3) is 5.91 Å². The largest absolute Gasteiger partial charge is 0.412 e. The number of aromatic amines is 1. The number of imidazole rings is 1. The van der Waals surface area contributed by atoms with Crippen LogP contribution in [0.15, 0.2) is 24.5 Å². The maximum absolute atomic E-state index is 10.9. The summed E-state index contributed by atoms with van der Waals surface area (Å²) in [6.07, 6.45) is 1.54. The molecule has 0 unspecified atom stereocenters. The molecule has 0 atom stereocenters. The topological polar surface area (TPSA) is 103 Å². The quantitative estimate of drug-likeness (QED) is 0.713. The van der Waals surface area contributed by atoms with E-state index in [1.54, 1.807) is 12.1 Å². The summed E-state index contributed by atoms with van der Waals surface area (Å²) >= 11 is 0. The molecule has 0 radical (unpaired) electrons. The highest BCUT2D eigenvalue weighted by molar-refractivity contribution is 6.03. The highest BCUT2D eigenvalue weighted by Gasteiger charge is 2.06. The van der Waals surface area contributed by atoms with Crippen LogP contribution in [0.4, 0.5) is 0 Å². The number of primary amides is 1. The van der Waals surface area contributed by atoms with Crippen LogP contribution >= 0.6 is 12.4 Å². The summed E-state index contributed by atoms with van der Waals surface area (Å²) in [5, 5.41) is 0. The Balaban J connectivity index is 0.000000845. The van der Waals surface area contributed by atoms with Gasteiger partial charge in [-0.2, -0.15) is 0 Å². The van der Waals surface area contributed by atoms with E-state index in [0.29, 0.717) is 11.1 Å². The Kier molecular flexibility index (Phi) is 4.07. The van der Waals surface area contributed by atoms with Gasteiger partial charge >= 0.3 is 0 Å². The van der Waals surface area contributed by atoms with Crippen molar-refractivity contribution in [2.45, 2.75) is 0 Å². The number of hydrogen-bond donors (Lipinski definition) is 2. The number of fused-ring (bicyclic) bond motifs is 1. The van der Waals surface area contributed by atoms with E-state index < -0.39 is 5.91 Å². The molecule has 5 nitrogen and oxygen atoms in total. The van der Waals surface area contributed by atoms with E-state index in [1.807, 2.05) is 6.07 Å². The lowest BCUT2D eigenvalue weighted by atomic mass is 10.2. The van der Waals surface area contributed by atoms with Gasteiger partial charge < -0.3 is 16.2 Å². The predicted octanol–water partition coefficient (Wildman–Crippen LogP) is 0.259. The van der Waals surface area contributed by atoms with Crippen molar-refractivity contribution in [3.8, 4) is 0 Å². The molecule has 5 N–H and O–H groups in total. The lowest BCUT2D eigenvalue weighted by Gasteiger charge is -1.94. The number of benzene rings is 1. The molecule has 0 aliphatic carbocycles. The Bertz CT molecular complexity index is 441. The van der Waals surface area contributed by atoms with Gasteiger partial charge in [-0.05, 0) is 12.1 Å². The maximum Gasteiger partial charge on any atom is 0.250 e. The SMILES string of the molecule is Cl.NC(=O)c1cccc2[nH]cnc12.O. The fraction of sp³-hybridized carbons (Fsp3) is 0. The monoisotopic (exact) mass is 215 g/mol. The van der Waals surface area contributed by atoms with Gasteiger partial charge in [0.1, 0.15) is 5.52 Å². The molecule has 0 aliphatic heterocycles. The van der Waals surface area contributed by atoms with Crippen molar-refractivity contribution in [3.63, 3.8) is 0 Å². The van der Waals surface area contributed by atoms with Gasteiger partial charge in [0.05, 0.1) is 17.4 Å². The molecule has 14 heavy (non-hydrogen) atoms. The molecule has 0 saturated heterocycles. The van der Waals surface area contributed by atoms with E-state index in [-0.39, 0.29) is 17.9 Å². The second kappa shape index (κ2) is 4.59. The third kappa shape index (κ3) is 1.84.